The highest BCUT2D eigenvalue weighted by atomic mass is 32.2. The standard InChI is InChI=1S/C28H29N3O2S3/c1-19-7-11-21(12-8-19)16-23-18-29-27(35-23)30-25(32)6-4-3-5-15-31-26(33)24(36-28(31)34)17-22-13-9-20(2)10-14-22/h7-14,17-18H,3-6,15-16H2,1-2H3,(H,29,30,32)/b24-17+. The maximum Gasteiger partial charge on any atom is 0.266 e. The van der Waals surface area contributed by atoms with Gasteiger partial charge in [0.25, 0.3) is 5.91 Å². The van der Waals surface area contributed by atoms with Gasteiger partial charge >= 0.3 is 0 Å². The Hall–Kier alpha value is -2.81. The minimum atomic E-state index is -0.0338. The van der Waals surface area contributed by atoms with Crippen LogP contribution in [0.25, 0.3) is 6.08 Å². The summed E-state index contributed by atoms with van der Waals surface area (Å²) in [5, 5.41) is 3.55. The number of thiocarbonyl (C=S) groups is 1. The summed E-state index contributed by atoms with van der Waals surface area (Å²) in [4.78, 5) is 32.9. The van der Waals surface area contributed by atoms with Crippen LogP contribution in [0.2, 0.25) is 0 Å². The summed E-state index contributed by atoms with van der Waals surface area (Å²) in [6, 6.07) is 16.5. The number of carbonyl (C=O) groups excluding carboxylic acids is 2. The molecule has 8 heteroatoms. The summed E-state index contributed by atoms with van der Waals surface area (Å²) in [5.41, 5.74) is 4.65. The second-order valence-corrected chi connectivity index (χ2v) is 11.7. The van der Waals surface area contributed by atoms with E-state index in [2.05, 4.69) is 41.5 Å². The number of unbranched alkanes of at least 4 members (excludes halogenated alkanes) is 2. The number of benzene rings is 2. The Bertz CT molecular complexity index is 1260. The predicted octanol–water partition coefficient (Wildman–Crippen LogP) is 6.75. The Balaban J connectivity index is 1.16. The lowest BCUT2D eigenvalue weighted by molar-refractivity contribution is -0.122. The first-order chi connectivity index (χ1) is 17.4. The lowest BCUT2D eigenvalue weighted by atomic mass is 10.1. The van der Waals surface area contributed by atoms with Crippen LogP contribution in [0.15, 0.2) is 59.6 Å². The molecule has 1 aliphatic heterocycles. The van der Waals surface area contributed by atoms with E-state index >= 15 is 0 Å². The number of aromatic nitrogens is 1. The monoisotopic (exact) mass is 535 g/mol. The molecule has 3 aromatic rings. The molecule has 1 fully saturated rings. The number of nitrogens with zero attached hydrogens (tertiary/aromatic N) is 2. The molecule has 0 spiro atoms. The molecule has 5 nitrogen and oxygen atoms in total. The van der Waals surface area contributed by atoms with E-state index in [1.165, 1.54) is 39.8 Å². The molecule has 36 heavy (non-hydrogen) atoms. The lowest BCUT2D eigenvalue weighted by Gasteiger charge is -2.14. The summed E-state index contributed by atoms with van der Waals surface area (Å²) in [7, 11) is 0. The molecule has 0 saturated carbocycles. The Morgan fingerprint density at radius 1 is 1.03 bits per heavy atom. The van der Waals surface area contributed by atoms with Crippen LogP contribution >= 0.6 is 35.3 Å². The normalized spacial score (nSPS) is 14.6. The molecule has 2 aromatic carbocycles. The number of hydrogen-bond acceptors (Lipinski definition) is 6. The fourth-order valence-corrected chi connectivity index (χ4v) is 5.95. The largest absolute Gasteiger partial charge is 0.302 e. The highest BCUT2D eigenvalue weighted by Gasteiger charge is 2.31. The molecule has 1 saturated heterocycles. The minimum Gasteiger partial charge on any atom is -0.302 e. The van der Waals surface area contributed by atoms with Gasteiger partial charge in [0.05, 0.1) is 4.91 Å². The molecule has 1 N–H and O–H groups in total. The molecule has 0 atom stereocenters. The van der Waals surface area contributed by atoms with Crippen molar-refractivity contribution in [1.82, 2.24) is 9.88 Å². The zero-order chi connectivity index (χ0) is 25.5. The number of aryl methyl sites for hydroxylation is 2. The highest BCUT2D eigenvalue weighted by molar-refractivity contribution is 8.26. The van der Waals surface area contributed by atoms with Gasteiger partial charge < -0.3 is 5.32 Å². The van der Waals surface area contributed by atoms with E-state index in [1.54, 1.807) is 4.90 Å². The van der Waals surface area contributed by atoms with Crippen molar-refractivity contribution in [2.45, 2.75) is 46.0 Å². The van der Waals surface area contributed by atoms with Gasteiger partial charge in [-0.25, -0.2) is 4.98 Å². The molecule has 2 heterocycles. The summed E-state index contributed by atoms with van der Waals surface area (Å²) < 4.78 is 0.598. The first-order valence-electron chi connectivity index (χ1n) is 12.0. The van der Waals surface area contributed by atoms with Crippen LogP contribution < -0.4 is 5.32 Å². The molecule has 1 aromatic heterocycles. The summed E-state index contributed by atoms with van der Waals surface area (Å²) >= 11 is 8.30. The number of hydrogen-bond donors (Lipinski definition) is 1. The molecule has 186 valence electrons. The smallest absolute Gasteiger partial charge is 0.266 e. The Morgan fingerprint density at radius 2 is 1.72 bits per heavy atom. The quantitative estimate of drug-likeness (QED) is 0.177. The fraction of sp³-hybridized carbons (Fsp3) is 0.286. The number of amides is 2. The van der Waals surface area contributed by atoms with E-state index in [4.69, 9.17) is 12.2 Å². The zero-order valence-corrected chi connectivity index (χ0v) is 22.9. The molecule has 0 unspecified atom stereocenters. The second-order valence-electron chi connectivity index (χ2n) is 8.90. The number of thiazole rings is 1. The number of carbonyl (C=O) groups is 2. The van der Waals surface area contributed by atoms with E-state index in [0.29, 0.717) is 27.3 Å². The Labute approximate surface area is 226 Å². The number of rotatable bonds is 10. The van der Waals surface area contributed by atoms with Gasteiger partial charge in [0.15, 0.2) is 5.13 Å². The van der Waals surface area contributed by atoms with Crippen LogP contribution in [-0.4, -0.2) is 32.6 Å². The number of thioether (sulfide) groups is 1. The van der Waals surface area contributed by atoms with E-state index in [-0.39, 0.29) is 11.8 Å². The van der Waals surface area contributed by atoms with Crippen LogP contribution in [-0.2, 0) is 16.0 Å². The van der Waals surface area contributed by atoms with Crippen LogP contribution in [0.5, 0.6) is 0 Å². The van der Waals surface area contributed by atoms with Gasteiger partial charge in [-0.1, -0.05) is 90.1 Å². The average Bonchev–Trinajstić information content (AvgIpc) is 3.40. The average molecular weight is 536 g/mol. The molecular weight excluding hydrogens is 507 g/mol. The van der Waals surface area contributed by atoms with Crippen molar-refractivity contribution in [2.24, 2.45) is 0 Å². The van der Waals surface area contributed by atoms with Gasteiger partial charge in [-0.05, 0) is 43.9 Å². The SMILES string of the molecule is Cc1ccc(/C=C2/SC(=S)N(CCCCCC(=O)Nc3ncc(Cc4ccc(C)cc4)s3)C2=O)cc1. The van der Waals surface area contributed by atoms with Gasteiger partial charge in [-0.15, -0.1) is 11.3 Å². The van der Waals surface area contributed by atoms with Crippen molar-refractivity contribution in [1.29, 1.82) is 0 Å². The van der Waals surface area contributed by atoms with Gasteiger partial charge in [0.2, 0.25) is 5.91 Å². The molecule has 2 amide bonds. The summed E-state index contributed by atoms with van der Waals surface area (Å²) in [6.07, 6.45) is 7.36. The maximum atomic E-state index is 12.8. The fourth-order valence-electron chi connectivity index (χ4n) is 3.77. The van der Waals surface area contributed by atoms with Crippen molar-refractivity contribution in [3.63, 3.8) is 0 Å². The molecular formula is C28H29N3O2S3. The van der Waals surface area contributed by atoms with Crippen molar-refractivity contribution < 1.29 is 9.59 Å². The minimum absolute atomic E-state index is 0.0297. The molecule has 4 rings (SSSR count). The third-order valence-corrected chi connectivity index (χ3v) is 8.12. The summed E-state index contributed by atoms with van der Waals surface area (Å²) in [5.74, 6) is -0.0635. The van der Waals surface area contributed by atoms with Crippen LogP contribution in [0.1, 0.15) is 52.8 Å². The molecule has 0 radical (unpaired) electrons. The van der Waals surface area contributed by atoms with E-state index in [1.807, 2.05) is 43.5 Å². The molecule has 0 bridgehead atoms. The summed E-state index contributed by atoms with van der Waals surface area (Å²) in [6.45, 7) is 4.69. The van der Waals surface area contributed by atoms with Crippen molar-refractivity contribution in [3.05, 3.63) is 86.8 Å². The first kappa shape index (κ1) is 26.3. The van der Waals surface area contributed by atoms with Crippen molar-refractivity contribution in [3.8, 4) is 0 Å². The topological polar surface area (TPSA) is 62.3 Å². The van der Waals surface area contributed by atoms with Gasteiger partial charge in [0, 0.05) is 30.5 Å². The number of nitrogens with one attached hydrogen (secondary N) is 1. The van der Waals surface area contributed by atoms with Gasteiger partial charge in [-0.2, -0.15) is 0 Å². The van der Waals surface area contributed by atoms with Crippen molar-refractivity contribution in [2.75, 3.05) is 11.9 Å². The zero-order valence-electron chi connectivity index (χ0n) is 20.5. The lowest BCUT2D eigenvalue weighted by Crippen LogP contribution is -2.29. The first-order valence-corrected chi connectivity index (χ1v) is 14.0. The third-order valence-electron chi connectivity index (χ3n) is 5.83. The number of anilines is 1. The van der Waals surface area contributed by atoms with Crippen LogP contribution in [0.4, 0.5) is 5.13 Å². The van der Waals surface area contributed by atoms with Gasteiger partial charge in [-0.3, -0.25) is 14.5 Å². The van der Waals surface area contributed by atoms with E-state index in [9.17, 15) is 9.59 Å². The van der Waals surface area contributed by atoms with E-state index in [0.717, 1.165) is 36.1 Å². The van der Waals surface area contributed by atoms with Gasteiger partial charge in [0.1, 0.15) is 4.32 Å². The molecule has 0 aliphatic carbocycles. The Morgan fingerprint density at radius 3 is 2.44 bits per heavy atom. The predicted molar refractivity (Wildman–Crippen MR) is 154 cm³/mol. The third kappa shape index (κ3) is 7.35. The van der Waals surface area contributed by atoms with Crippen LogP contribution in [0.3, 0.4) is 0 Å². The maximum absolute atomic E-state index is 12.8. The second kappa shape index (κ2) is 12.4. The molecule has 1 aliphatic rings. The highest BCUT2D eigenvalue weighted by Crippen LogP contribution is 2.32. The van der Waals surface area contributed by atoms with E-state index < -0.39 is 0 Å². The Kier molecular flexibility index (Phi) is 9.07. The van der Waals surface area contributed by atoms with Crippen molar-refractivity contribution >= 4 is 62.7 Å². The van der Waals surface area contributed by atoms with Crippen LogP contribution in [0, 0.1) is 13.8 Å².